The first-order chi connectivity index (χ1) is 10.1. The highest BCUT2D eigenvalue weighted by Crippen LogP contribution is 2.25. The van der Waals surface area contributed by atoms with E-state index in [1.54, 1.807) is 11.3 Å². The Bertz CT molecular complexity index is 475. The molecule has 5 nitrogen and oxygen atoms in total. The number of hydrogen-bond acceptors (Lipinski definition) is 3. The molecule has 3 atom stereocenters. The van der Waals surface area contributed by atoms with Crippen LogP contribution in [0.2, 0.25) is 0 Å². The Morgan fingerprint density at radius 2 is 2.19 bits per heavy atom. The number of carboxylic acid groups (broad SMARTS) is 1. The number of carbonyl (C=O) groups excluding carboxylic acids is 1. The fourth-order valence-corrected chi connectivity index (χ4v) is 3.69. The molecule has 3 unspecified atom stereocenters. The number of amides is 2. The van der Waals surface area contributed by atoms with Crippen LogP contribution < -0.4 is 10.6 Å². The van der Waals surface area contributed by atoms with Crippen molar-refractivity contribution in [3.05, 3.63) is 22.4 Å². The van der Waals surface area contributed by atoms with Gasteiger partial charge in [0, 0.05) is 10.9 Å². The van der Waals surface area contributed by atoms with Crippen molar-refractivity contribution in [1.29, 1.82) is 0 Å². The Morgan fingerprint density at radius 3 is 2.81 bits per heavy atom. The van der Waals surface area contributed by atoms with Crippen LogP contribution in [0, 0.1) is 5.92 Å². The lowest BCUT2D eigenvalue weighted by molar-refractivity contribution is -0.143. The van der Waals surface area contributed by atoms with E-state index in [0.717, 1.165) is 30.6 Å². The van der Waals surface area contributed by atoms with Crippen molar-refractivity contribution in [3.63, 3.8) is 0 Å². The number of carbonyl (C=O) groups is 2. The van der Waals surface area contributed by atoms with E-state index >= 15 is 0 Å². The largest absolute Gasteiger partial charge is 0.481 e. The maximum atomic E-state index is 12.1. The van der Waals surface area contributed by atoms with Gasteiger partial charge >= 0.3 is 12.0 Å². The van der Waals surface area contributed by atoms with Gasteiger partial charge in [-0.05, 0) is 30.7 Å². The Labute approximate surface area is 128 Å². The Hall–Kier alpha value is -1.56. The van der Waals surface area contributed by atoms with Crippen molar-refractivity contribution in [1.82, 2.24) is 10.6 Å². The summed E-state index contributed by atoms with van der Waals surface area (Å²) in [6.45, 7) is 2.02. The quantitative estimate of drug-likeness (QED) is 0.781. The zero-order valence-corrected chi connectivity index (χ0v) is 13.0. The lowest BCUT2D eigenvalue weighted by Gasteiger charge is -2.30. The van der Waals surface area contributed by atoms with Gasteiger partial charge in [-0.3, -0.25) is 4.79 Å². The van der Waals surface area contributed by atoms with Gasteiger partial charge in [0.2, 0.25) is 0 Å². The van der Waals surface area contributed by atoms with Gasteiger partial charge in [0.15, 0.2) is 0 Å². The predicted octanol–water partition coefficient (Wildman–Crippen LogP) is 3.14. The first kappa shape index (κ1) is 15.8. The van der Waals surface area contributed by atoms with Crippen LogP contribution in [-0.2, 0) is 4.79 Å². The molecule has 0 aromatic carbocycles. The van der Waals surface area contributed by atoms with Crippen molar-refractivity contribution in [2.75, 3.05) is 0 Å². The van der Waals surface area contributed by atoms with Gasteiger partial charge in [-0.2, -0.15) is 0 Å². The topological polar surface area (TPSA) is 78.4 Å². The van der Waals surface area contributed by atoms with Crippen LogP contribution in [0.5, 0.6) is 0 Å². The van der Waals surface area contributed by atoms with Gasteiger partial charge < -0.3 is 15.7 Å². The monoisotopic (exact) mass is 310 g/mol. The molecular formula is C15H22N2O3S. The molecule has 3 N–H and O–H groups in total. The summed E-state index contributed by atoms with van der Waals surface area (Å²) in [5.74, 6) is -1.28. The number of nitrogens with one attached hydrogen (secondary N) is 2. The van der Waals surface area contributed by atoms with Crippen molar-refractivity contribution < 1.29 is 14.7 Å². The van der Waals surface area contributed by atoms with E-state index in [1.807, 2.05) is 24.4 Å². The summed E-state index contributed by atoms with van der Waals surface area (Å²) in [5.41, 5.74) is 0. The molecular weight excluding hydrogens is 288 g/mol. The van der Waals surface area contributed by atoms with Gasteiger partial charge in [-0.1, -0.05) is 25.8 Å². The highest BCUT2D eigenvalue weighted by Gasteiger charge is 2.32. The van der Waals surface area contributed by atoms with Crippen LogP contribution >= 0.6 is 11.3 Å². The second-order valence-electron chi connectivity index (χ2n) is 5.43. The number of aliphatic carboxylic acids is 1. The SMILES string of the molecule is CCC(NC(=O)NC1CCCCC1C(=O)O)c1cccs1. The van der Waals surface area contributed by atoms with Crippen molar-refractivity contribution >= 4 is 23.3 Å². The lowest BCUT2D eigenvalue weighted by atomic mass is 9.84. The summed E-state index contributed by atoms with van der Waals surface area (Å²) in [6.07, 6.45) is 4.07. The van der Waals surface area contributed by atoms with E-state index in [2.05, 4.69) is 10.6 Å². The zero-order chi connectivity index (χ0) is 15.2. The molecule has 1 saturated carbocycles. The summed E-state index contributed by atoms with van der Waals surface area (Å²) < 4.78 is 0. The zero-order valence-electron chi connectivity index (χ0n) is 12.2. The molecule has 1 aliphatic rings. The maximum absolute atomic E-state index is 12.1. The van der Waals surface area contributed by atoms with Crippen LogP contribution in [-0.4, -0.2) is 23.1 Å². The predicted molar refractivity (Wildman–Crippen MR) is 82.4 cm³/mol. The number of urea groups is 1. The standard InChI is InChI=1S/C15H22N2O3S/c1-2-11(13-8-5-9-21-13)16-15(20)17-12-7-4-3-6-10(12)14(18)19/h5,8-12H,2-4,6-7H2,1H3,(H,18,19)(H2,16,17,20). The molecule has 1 fully saturated rings. The number of thiophene rings is 1. The lowest BCUT2D eigenvalue weighted by Crippen LogP contribution is -2.49. The first-order valence-electron chi connectivity index (χ1n) is 7.45. The van der Waals surface area contributed by atoms with Gasteiger partial charge in [-0.25, -0.2) is 4.79 Å². The average molecular weight is 310 g/mol. The minimum Gasteiger partial charge on any atom is -0.481 e. The van der Waals surface area contributed by atoms with Crippen molar-refractivity contribution in [3.8, 4) is 0 Å². The molecule has 1 aromatic rings. The van der Waals surface area contributed by atoms with E-state index in [9.17, 15) is 14.7 Å². The van der Waals surface area contributed by atoms with Crippen molar-refractivity contribution in [2.24, 2.45) is 5.92 Å². The molecule has 0 radical (unpaired) electrons. The van der Waals surface area contributed by atoms with Crippen molar-refractivity contribution in [2.45, 2.75) is 51.1 Å². The normalized spacial score (nSPS) is 23.3. The minimum absolute atomic E-state index is 0.0168. The third-order valence-electron chi connectivity index (χ3n) is 4.00. The fraction of sp³-hybridized carbons (Fsp3) is 0.600. The van der Waals surface area contributed by atoms with Crippen LogP contribution in [0.1, 0.15) is 49.9 Å². The second kappa shape index (κ2) is 7.45. The molecule has 1 heterocycles. The molecule has 21 heavy (non-hydrogen) atoms. The van der Waals surface area contributed by atoms with E-state index < -0.39 is 11.9 Å². The number of hydrogen-bond donors (Lipinski definition) is 3. The Kier molecular flexibility index (Phi) is 5.61. The fourth-order valence-electron chi connectivity index (χ4n) is 2.83. The van der Waals surface area contributed by atoms with Crippen LogP contribution in [0.3, 0.4) is 0 Å². The third-order valence-corrected chi connectivity index (χ3v) is 4.99. The van der Waals surface area contributed by atoms with Gasteiger partial charge in [-0.15, -0.1) is 11.3 Å². The third kappa shape index (κ3) is 4.20. The molecule has 0 aliphatic heterocycles. The number of carboxylic acids is 1. The summed E-state index contributed by atoms with van der Waals surface area (Å²) in [6, 6.07) is 3.41. The minimum atomic E-state index is -0.815. The summed E-state index contributed by atoms with van der Waals surface area (Å²) >= 11 is 1.61. The molecule has 116 valence electrons. The van der Waals surface area contributed by atoms with Crippen LogP contribution in [0.4, 0.5) is 4.79 Å². The maximum Gasteiger partial charge on any atom is 0.315 e. The molecule has 6 heteroatoms. The molecule has 0 saturated heterocycles. The average Bonchev–Trinajstić information content (AvgIpc) is 2.99. The molecule has 1 aliphatic carbocycles. The Balaban J connectivity index is 1.92. The highest BCUT2D eigenvalue weighted by molar-refractivity contribution is 7.10. The van der Waals surface area contributed by atoms with Crippen LogP contribution in [0.25, 0.3) is 0 Å². The number of rotatable bonds is 5. The molecule has 0 bridgehead atoms. The van der Waals surface area contributed by atoms with Gasteiger partial charge in [0.25, 0.3) is 0 Å². The molecule has 2 amide bonds. The summed E-state index contributed by atoms with van der Waals surface area (Å²) in [7, 11) is 0. The molecule has 2 rings (SSSR count). The van der Waals surface area contributed by atoms with E-state index in [0.29, 0.717) is 6.42 Å². The summed E-state index contributed by atoms with van der Waals surface area (Å²) in [4.78, 5) is 24.5. The first-order valence-corrected chi connectivity index (χ1v) is 8.33. The van der Waals surface area contributed by atoms with E-state index in [4.69, 9.17) is 0 Å². The second-order valence-corrected chi connectivity index (χ2v) is 6.41. The van der Waals surface area contributed by atoms with Gasteiger partial charge in [0.1, 0.15) is 0 Å². The molecule has 0 spiro atoms. The van der Waals surface area contributed by atoms with E-state index in [1.165, 1.54) is 0 Å². The van der Waals surface area contributed by atoms with Gasteiger partial charge in [0.05, 0.1) is 12.0 Å². The molecule has 1 aromatic heterocycles. The van der Waals surface area contributed by atoms with Crippen LogP contribution in [0.15, 0.2) is 17.5 Å². The van der Waals surface area contributed by atoms with E-state index in [-0.39, 0.29) is 18.1 Å². The Morgan fingerprint density at radius 1 is 1.43 bits per heavy atom. The summed E-state index contributed by atoms with van der Waals surface area (Å²) in [5, 5.41) is 17.0. The highest BCUT2D eigenvalue weighted by atomic mass is 32.1. The smallest absolute Gasteiger partial charge is 0.315 e.